The fourth-order valence-electron chi connectivity index (χ4n) is 2.96. The van der Waals surface area contributed by atoms with Gasteiger partial charge in [-0.05, 0) is 49.6 Å². The number of aromatic nitrogens is 1. The summed E-state index contributed by atoms with van der Waals surface area (Å²) in [6.45, 7) is 3.12. The highest BCUT2D eigenvalue weighted by atomic mass is 35.5. The van der Waals surface area contributed by atoms with Crippen LogP contribution in [-0.2, 0) is 4.74 Å². The highest BCUT2D eigenvalue weighted by Gasteiger charge is 2.27. The molecule has 0 aliphatic carbocycles. The standard InChI is InChI=1S/C18H19ClN2O2/c1-2-23-18(22)14-7-10-17(20-12-14)21-11-3-4-16(21)13-5-8-15(19)9-6-13/h5-10,12,16H,2-4,11H2,1H3. The second-order valence-corrected chi connectivity index (χ2v) is 5.96. The molecule has 0 amide bonds. The van der Waals surface area contributed by atoms with Gasteiger partial charge < -0.3 is 9.64 Å². The van der Waals surface area contributed by atoms with Gasteiger partial charge >= 0.3 is 5.97 Å². The van der Waals surface area contributed by atoms with Crippen LogP contribution in [0.15, 0.2) is 42.6 Å². The molecule has 0 spiro atoms. The van der Waals surface area contributed by atoms with Crippen molar-refractivity contribution in [1.82, 2.24) is 4.98 Å². The number of hydrogen-bond donors (Lipinski definition) is 0. The first-order valence-corrected chi connectivity index (χ1v) is 8.22. The van der Waals surface area contributed by atoms with Gasteiger partial charge in [0.05, 0.1) is 18.2 Å². The Balaban J connectivity index is 1.80. The molecule has 0 radical (unpaired) electrons. The minimum Gasteiger partial charge on any atom is -0.462 e. The molecule has 1 fully saturated rings. The summed E-state index contributed by atoms with van der Waals surface area (Å²) in [7, 11) is 0. The normalized spacial score (nSPS) is 17.3. The van der Waals surface area contributed by atoms with Gasteiger partial charge in [-0.1, -0.05) is 23.7 Å². The van der Waals surface area contributed by atoms with Crippen LogP contribution in [0.1, 0.15) is 41.7 Å². The van der Waals surface area contributed by atoms with E-state index in [1.165, 1.54) is 5.56 Å². The predicted molar refractivity (Wildman–Crippen MR) is 91.0 cm³/mol. The van der Waals surface area contributed by atoms with Crippen molar-refractivity contribution < 1.29 is 9.53 Å². The molecule has 1 aliphatic rings. The lowest BCUT2D eigenvalue weighted by molar-refractivity contribution is 0.0526. The van der Waals surface area contributed by atoms with Crippen LogP contribution in [-0.4, -0.2) is 24.1 Å². The fraction of sp³-hybridized carbons (Fsp3) is 0.333. The Morgan fingerprint density at radius 1 is 1.30 bits per heavy atom. The summed E-state index contributed by atoms with van der Waals surface area (Å²) in [6.07, 6.45) is 3.79. The van der Waals surface area contributed by atoms with Crippen molar-refractivity contribution in [2.24, 2.45) is 0 Å². The van der Waals surface area contributed by atoms with Crippen LogP contribution in [0, 0.1) is 0 Å². The van der Waals surface area contributed by atoms with Crippen LogP contribution in [0.5, 0.6) is 0 Å². The molecule has 0 saturated carbocycles. The van der Waals surface area contributed by atoms with Crippen molar-refractivity contribution in [2.75, 3.05) is 18.1 Å². The molecular weight excluding hydrogens is 312 g/mol. The highest BCUT2D eigenvalue weighted by molar-refractivity contribution is 6.30. The number of benzene rings is 1. The Morgan fingerprint density at radius 3 is 2.74 bits per heavy atom. The first kappa shape index (κ1) is 15.8. The largest absolute Gasteiger partial charge is 0.462 e. The predicted octanol–water partition coefficient (Wildman–Crippen LogP) is 4.25. The lowest BCUT2D eigenvalue weighted by atomic mass is 10.0. The van der Waals surface area contributed by atoms with Gasteiger partial charge in [-0.25, -0.2) is 9.78 Å². The average Bonchev–Trinajstić information content (AvgIpc) is 3.05. The zero-order valence-corrected chi connectivity index (χ0v) is 13.8. The van der Waals surface area contributed by atoms with E-state index in [9.17, 15) is 4.79 Å². The first-order valence-electron chi connectivity index (χ1n) is 7.84. The van der Waals surface area contributed by atoms with Crippen LogP contribution in [0.25, 0.3) is 0 Å². The molecule has 2 heterocycles. The summed E-state index contributed by atoms with van der Waals surface area (Å²) in [5, 5.41) is 0.746. The highest BCUT2D eigenvalue weighted by Crippen LogP contribution is 2.35. The molecule has 120 valence electrons. The Kier molecular flexibility index (Phi) is 4.82. The van der Waals surface area contributed by atoms with Gasteiger partial charge in [-0.2, -0.15) is 0 Å². The number of carbonyl (C=O) groups is 1. The second-order valence-electron chi connectivity index (χ2n) is 5.53. The van der Waals surface area contributed by atoms with E-state index in [1.807, 2.05) is 18.2 Å². The summed E-state index contributed by atoms with van der Waals surface area (Å²) in [4.78, 5) is 18.4. The van der Waals surface area contributed by atoms with E-state index < -0.39 is 0 Å². The summed E-state index contributed by atoms with van der Waals surface area (Å²) < 4.78 is 4.99. The number of nitrogens with zero attached hydrogens (tertiary/aromatic N) is 2. The lowest BCUT2D eigenvalue weighted by Gasteiger charge is -2.26. The van der Waals surface area contributed by atoms with E-state index in [0.717, 1.165) is 30.2 Å². The summed E-state index contributed by atoms with van der Waals surface area (Å²) >= 11 is 5.97. The third kappa shape index (κ3) is 3.48. The Hall–Kier alpha value is -2.07. The van der Waals surface area contributed by atoms with Crippen LogP contribution < -0.4 is 4.90 Å². The number of rotatable bonds is 4. The molecule has 2 aromatic rings. The Bertz CT molecular complexity index is 670. The van der Waals surface area contributed by atoms with Crippen LogP contribution in [0.3, 0.4) is 0 Å². The van der Waals surface area contributed by atoms with Crippen molar-refractivity contribution in [2.45, 2.75) is 25.8 Å². The number of esters is 1. The van der Waals surface area contributed by atoms with E-state index in [1.54, 1.807) is 19.2 Å². The minimum atomic E-state index is -0.331. The first-order chi connectivity index (χ1) is 11.2. The Labute approximate surface area is 141 Å². The minimum absolute atomic E-state index is 0.299. The zero-order valence-electron chi connectivity index (χ0n) is 13.0. The number of hydrogen-bond acceptors (Lipinski definition) is 4. The van der Waals surface area contributed by atoms with Crippen molar-refractivity contribution in [3.8, 4) is 0 Å². The van der Waals surface area contributed by atoms with Gasteiger partial charge in [0.2, 0.25) is 0 Å². The number of halogens is 1. The molecule has 1 aromatic carbocycles. The van der Waals surface area contributed by atoms with Crippen molar-refractivity contribution in [3.63, 3.8) is 0 Å². The van der Waals surface area contributed by atoms with Gasteiger partial charge in [-0.3, -0.25) is 0 Å². The average molecular weight is 331 g/mol. The SMILES string of the molecule is CCOC(=O)c1ccc(N2CCCC2c2ccc(Cl)cc2)nc1. The molecule has 5 heteroatoms. The van der Waals surface area contributed by atoms with E-state index in [4.69, 9.17) is 16.3 Å². The molecule has 0 N–H and O–H groups in total. The van der Waals surface area contributed by atoms with Crippen LogP contribution in [0.4, 0.5) is 5.82 Å². The number of pyridine rings is 1. The smallest absolute Gasteiger partial charge is 0.339 e. The number of anilines is 1. The Morgan fingerprint density at radius 2 is 2.09 bits per heavy atom. The maximum absolute atomic E-state index is 11.7. The quantitative estimate of drug-likeness (QED) is 0.786. The zero-order chi connectivity index (χ0) is 16.2. The molecule has 1 atom stereocenters. The van der Waals surface area contributed by atoms with Crippen molar-refractivity contribution in [1.29, 1.82) is 0 Å². The van der Waals surface area contributed by atoms with Gasteiger partial charge in [0.1, 0.15) is 5.82 Å². The van der Waals surface area contributed by atoms with E-state index in [-0.39, 0.29) is 5.97 Å². The molecule has 3 rings (SSSR count). The van der Waals surface area contributed by atoms with Crippen molar-refractivity contribution >= 4 is 23.4 Å². The molecule has 1 aromatic heterocycles. The van der Waals surface area contributed by atoms with Gasteiger partial charge in [0, 0.05) is 17.8 Å². The second kappa shape index (κ2) is 7.01. The molecule has 1 saturated heterocycles. The van der Waals surface area contributed by atoms with Crippen LogP contribution >= 0.6 is 11.6 Å². The van der Waals surface area contributed by atoms with E-state index in [2.05, 4.69) is 22.0 Å². The molecule has 0 bridgehead atoms. The topological polar surface area (TPSA) is 42.4 Å². The van der Waals surface area contributed by atoms with E-state index >= 15 is 0 Å². The third-order valence-corrected chi connectivity index (χ3v) is 4.31. The van der Waals surface area contributed by atoms with Gasteiger partial charge in [-0.15, -0.1) is 0 Å². The molecule has 23 heavy (non-hydrogen) atoms. The maximum Gasteiger partial charge on any atom is 0.339 e. The van der Waals surface area contributed by atoms with Gasteiger partial charge in [0.15, 0.2) is 0 Å². The molecule has 1 aliphatic heterocycles. The summed E-state index contributed by atoms with van der Waals surface area (Å²) in [5.74, 6) is 0.553. The van der Waals surface area contributed by atoms with E-state index in [0.29, 0.717) is 18.2 Å². The van der Waals surface area contributed by atoms with Gasteiger partial charge in [0.25, 0.3) is 0 Å². The van der Waals surface area contributed by atoms with Crippen LogP contribution in [0.2, 0.25) is 5.02 Å². The van der Waals surface area contributed by atoms with Crippen molar-refractivity contribution in [3.05, 3.63) is 58.7 Å². The summed E-state index contributed by atoms with van der Waals surface area (Å²) in [5.41, 5.74) is 1.72. The monoisotopic (exact) mass is 330 g/mol. The maximum atomic E-state index is 11.7. The molecular formula is C18H19ClN2O2. The number of carbonyl (C=O) groups excluding carboxylic acids is 1. The summed E-state index contributed by atoms with van der Waals surface area (Å²) in [6, 6.07) is 11.9. The third-order valence-electron chi connectivity index (χ3n) is 4.06. The molecule has 4 nitrogen and oxygen atoms in total. The lowest BCUT2D eigenvalue weighted by Crippen LogP contribution is -2.23. The molecule has 1 unspecified atom stereocenters. The number of ether oxygens (including phenoxy) is 1. The fourth-order valence-corrected chi connectivity index (χ4v) is 3.09.